The summed E-state index contributed by atoms with van der Waals surface area (Å²) in [6.45, 7) is 2.22. The zero-order valence-electron chi connectivity index (χ0n) is 20.5. The lowest BCUT2D eigenvalue weighted by molar-refractivity contribution is -0.126. The number of nitrogens with zero attached hydrogens (tertiary/aromatic N) is 2. The minimum absolute atomic E-state index is 0.0653. The molecule has 0 bridgehead atoms. The summed E-state index contributed by atoms with van der Waals surface area (Å²) in [4.78, 5) is 12.9. The molecule has 190 valence electrons. The number of carbonyl (C=O) groups is 1. The molecule has 1 N–H and O–H groups in total. The van der Waals surface area contributed by atoms with E-state index in [0.29, 0.717) is 37.4 Å². The van der Waals surface area contributed by atoms with Gasteiger partial charge in [0.25, 0.3) is 0 Å². The van der Waals surface area contributed by atoms with Crippen molar-refractivity contribution < 1.29 is 22.5 Å². The number of sulfonamides is 1. The number of hydrogen-bond donors (Lipinski definition) is 1. The van der Waals surface area contributed by atoms with E-state index >= 15 is 0 Å². The van der Waals surface area contributed by atoms with Gasteiger partial charge in [-0.15, -0.1) is 0 Å². The van der Waals surface area contributed by atoms with E-state index in [1.165, 1.54) is 17.1 Å². The molecule has 35 heavy (non-hydrogen) atoms. The number of carbonyl (C=O) groups excluding carboxylic acids is 1. The second-order valence-corrected chi connectivity index (χ2v) is 11.3. The summed E-state index contributed by atoms with van der Waals surface area (Å²) in [6.07, 6.45) is 11.2. The van der Waals surface area contributed by atoms with Crippen LogP contribution in [0.5, 0.6) is 5.75 Å². The molecule has 1 aromatic carbocycles. The highest BCUT2D eigenvalue weighted by Crippen LogP contribution is 2.30. The Morgan fingerprint density at radius 2 is 1.77 bits per heavy atom. The number of aryl methyl sites for hydroxylation is 1. The summed E-state index contributed by atoms with van der Waals surface area (Å²) in [7, 11) is -2.23. The normalized spacial score (nSPS) is 19.0. The summed E-state index contributed by atoms with van der Waals surface area (Å²) in [6, 6.07) is 7.70. The molecule has 1 saturated carbocycles. The van der Waals surface area contributed by atoms with E-state index in [2.05, 4.69) is 10.5 Å². The molecule has 1 amide bonds. The second-order valence-electron chi connectivity index (χ2n) is 9.41. The van der Waals surface area contributed by atoms with E-state index in [1.807, 2.05) is 24.3 Å². The Morgan fingerprint density at radius 3 is 2.46 bits per heavy atom. The van der Waals surface area contributed by atoms with Crippen LogP contribution in [0.4, 0.5) is 0 Å². The molecule has 1 aliphatic carbocycles. The number of rotatable bonds is 7. The van der Waals surface area contributed by atoms with Gasteiger partial charge >= 0.3 is 0 Å². The van der Waals surface area contributed by atoms with Crippen LogP contribution >= 0.6 is 0 Å². The van der Waals surface area contributed by atoms with Crippen LogP contribution in [0.1, 0.15) is 68.4 Å². The van der Waals surface area contributed by atoms with Crippen molar-refractivity contribution in [2.45, 2.75) is 69.2 Å². The van der Waals surface area contributed by atoms with Crippen molar-refractivity contribution in [1.29, 1.82) is 0 Å². The van der Waals surface area contributed by atoms with Gasteiger partial charge in [0, 0.05) is 30.6 Å². The highest BCUT2D eigenvalue weighted by atomic mass is 32.2. The fourth-order valence-electron chi connectivity index (χ4n) is 5.00. The van der Waals surface area contributed by atoms with Crippen LogP contribution in [-0.4, -0.2) is 50.0 Å². The zero-order chi connectivity index (χ0) is 24.8. The summed E-state index contributed by atoms with van der Waals surface area (Å²) in [5.74, 6) is 0.768. The zero-order valence-corrected chi connectivity index (χ0v) is 21.4. The standard InChI is InChI=1S/C26H35N3O5S/c1-19-25(24(34-28-19)14-13-20-9-7-8-12-23(20)33-2)35(31,32)29-17-15-21(16-18-29)26(30)27-22-10-5-3-4-6-11-22/h7-9,12-14,21-22H,3-6,10-11,15-18H2,1-2H3,(H,27,30)/b14-13+. The van der Waals surface area contributed by atoms with E-state index in [1.54, 1.807) is 26.2 Å². The van der Waals surface area contributed by atoms with Crippen molar-refractivity contribution in [3.8, 4) is 5.75 Å². The van der Waals surface area contributed by atoms with Crippen molar-refractivity contribution in [3.63, 3.8) is 0 Å². The highest BCUT2D eigenvalue weighted by molar-refractivity contribution is 7.89. The van der Waals surface area contributed by atoms with Gasteiger partial charge in [0.15, 0.2) is 10.7 Å². The predicted molar refractivity (Wildman–Crippen MR) is 134 cm³/mol. The number of nitrogens with one attached hydrogen (secondary N) is 1. The lowest BCUT2D eigenvalue weighted by atomic mass is 9.96. The van der Waals surface area contributed by atoms with Gasteiger partial charge in [0.05, 0.1) is 7.11 Å². The van der Waals surface area contributed by atoms with E-state index in [9.17, 15) is 13.2 Å². The van der Waals surface area contributed by atoms with Crippen molar-refractivity contribution in [3.05, 3.63) is 41.3 Å². The molecular formula is C26H35N3O5S. The summed E-state index contributed by atoms with van der Waals surface area (Å²) < 4.78 is 39.2. The Hall–Kier alpha value is -2.65. The van der Waals surface area contributed by atoms with E-state index in [-0.39, 0.29) is 28.5 Å². The number of piperidine rings is 1. The number of amides is 1. The third kappa shape index (κ3) is 5.95. The third-order valence-corrected chi connectivity index (χ3v) is 9.07. The molecule has 2 aliphatic rings. The predicted octanol–water partition coefficient (Wildman–Crippen LogP) is 4.40. The van der Waals surface area contributed by atoms with Crippen LogP contribution in [-0.2, 0) is 14.8 Å². The minimum Gasteiger partial charge on any atom is -0.496 e. The molecule has 1 aromatic heterocycles. The number of hydrogen-bond acceptors (Lipinski definition) is 6. The Labute approximate surface area is 207 Å². The van der Waals surface area contributed by atoms with Gasteiger partial charge in [-0.05, 0) is 50.8 Å². The Morgan fingerprint density at radius 1 is 1.09 bits per heavy atom. The van der Waals surface area contributed by atoms with Crippen molar-refractivity contribution in [1.82, 2.24) is 14.8 Å². The Kier molecular flexibility index (Phi) is 8.28. The van der Waals surface area contributed by atoms with Crippen molar-refractivity contribution in [2.75, 3.05) is 20.2 Å². The van der Waals surface area contributed by atoms with Gasteiger partial charge in [0.2, 0.25) is 15.9 Å². The largest absolute Gasteiger partial charge is 0.496 e. The fourth-order valence-corrected chi connectivity index (χ4v) is 6.72. The highest BCUT2D eigenvalue weighted by Gasteiger charge is 2.36. The van der Waals surface area contributed by atoms with Crippen LogP contribution in [0, 0.1) is 12.8 Å². The molecule has 1 aliphatic heterocycles. The first kappa shape index (κ1) is 25.4. The molecule has 2 heterocycles. The molecule has 0 unspecified atom stereocenters. The number of ether oxygens (including phenoxy) is 1. The summed E-state index contributed by atoms with van der Waals surface area (Å²) in [5.41, 5.74) is 1.12. The van der Waals surface area contributed by atoms with Crippen molar-refractivity contribution >= 4 is 28.1 Å². The maximum atomic E-state index is 13.5. The monoisotopic (exact) mass is 501 g/mol. The smallest absolute Gasteiger partial charge is 0.248 e. The lowest BCUT2D eigenvalue weighted by Gasteiger charge is -2.31. The third-order valence-electron chi connectivity index (χ3n) is 7.01. The SMILES string of the molecule is COc1ccccc1/C=C/c1onc(C)c1S(=O)(=O)N1CCC(C(=O)NC2CCCCCC2)CC1. The van der Waals surface area contributed by atoms with Gasteiger partial charge in [-0.2, -0.15) is 4.31 Å². The van der Waals surface area contributed by atoms with E-state index in [0.717, 1.165) is 31.2 Å². The first-order valence-electron chi connectivity index (χ1n) is 12.5. The Balaban J connectivity index is 1.43. The molecule has 0 radical (unpaired) electrons. The van der Waals surface area contributed by atoms with Gasteiger partial charge < -0.3 is 14.6 Å². The molecule has 8 nitrogen and oxygen atoms in total. The van der Waals surface area contributed by atoms with Gasteiger partial charge in [0.1, 0.15) is 11.4 Å². The molecule has 9 heteroatoms. The molecular weight excluding hydrogens is 466 g/mol. The van der Waals surface area contributed by atoms with Gasteiger partial charge in [-0.1, -0.05) is 49.0 Å². The average Bonchev–Trinajstić information content (AvgIpc) is 3.06. The summed E-state index contributed by atoms with van der Waals surface area (Å²) >= 11 is 0. The molecule has 0 atom stereocenters. The fraction of sp³-hybridized carbons (Fsp3) is 0.538. The molecule has 4 rings (SSSR count). The Bertz CT molecular complexity index is 1140. The van der Waals surface area contributed by atoms with Gasteiger partial charge in [-0.3, -0.25) is 4.79 Å². The number of methoxy groups -OCH3 is 1. The van der Waals surface area contributed by atoms with Crippen molar-refractivity contribution in [2.24, 2.45) is 5.92 Å². The molecule has 2 aromatic rings. The number of benzene rings is 1. The van der Waals surface area contributed by atoms with Crippen LogP contribution in [0.2, 0.25) is 0 Å². The number of aromatic nitrogens is 1. The molecule has 2 fully saturated rings. The number of para-hydroxylation sites is 1. The maximum Gasteiger partial charge on any atom is 0.248 e. The van der Waals surface area contributed by atoms with Crippen LogP contribution in [0.3, 0.4) is 0 Å². The minimum atomic E-state index is -3.82. The molecule has 0 spiro atoms. The quantitative estimate of drug-likeness (QED) is 0.564. The van der Waals surface area contributed by atoms with Crippen LogP contribution in [0.15, 0.2) is 33.7 Å². The van der Waals surface area contributed by atoms with Gasteiger partial charge in [-0.25, -0.2) is 8.42 Å². The second kappa shape index (κ2) is 11.4. The van der Waals surface area contributed by atoms with E-state index < -0.39 is 10.0 Å². The average molecular weight is 502 g/mol. The van der Waals surface area contributed by atoms with Crippen LogP contribution in [0.25, 0.3) is 12.2 Å². The maximum absolute atomic E-state index is 13.5. The summed E-state index contributed by atoms with van der Waals surface area (Å²) in [5, 5.41) is 7.14. The van der Waals surface area contributed by atoms with Crippen LogP contribution < -0.4 is 10.1 Å². The molecule has 1 saturated heterocycles. The first-order chi connectivity index (χ1) is 16.9. The topological polar surface area (TPSA) is 102 Å². The van der Waals surface area contributed by atoms with E-state index in [4.69, 9.17) is 9.26 Å². The lowest BCUT2D eigenvalue weighted by Crippen LogP contribution is -2.45. The first-order valence-corrected chi connectivity index (χ1v) is 13.9.